The second-order valence-electron chi connectivity index (χ2n) is 5.61. The Bertz CT molecular complexity index is 907. The molecule has 0 spiro atoms. The van der Waals surface area contributed by atoms with Crippen LogP contribution in [0.15, 0.2) is 76.2 Å². The molecule has 0 aliphatic heterocycles. The number of benzene rings is 2. The molecule has 0 unspecified atom stereocenters. The molecule has 26 heavy (non-hydrogen) atoms. The van der Waals surface area contributed by atoms with Gasteiger partial charge >= 0.3 is 0 Å². The van der Waals surface area contributed by atoms with Crippen molar-refractivity contribution in [3.8, 4) is 0 Å². The Balaban J connectivity index is 1.56. The van der Waals surface area contributed by atoms with Gasteiger partial charge in [0.2, 0.25) is 5.91 Å². The van der Waals surface area contributed by atoms with Crippen molar-refractivity contribution in [1.29, 1.82) is 0 Å². The molecule has 0 saturated carbocycles. The average Bonchev–Trinajstić information content (AvgIpc) is 3.17. The first-order chi connectivity index (χ1) is 12.6. The van der Waals surface area contributed by atoms with Crippen molar-refractivity contribution in [1.82, 2.24) is 0 Å². The van der Waals surface area contributed by atoms with Crippen molar-refractivity contribution in [2.45, 2.75) is 11.8 Å². The Hall–Kier alpha value is -2.99. The number of para-hydroxylation sites is 1. The van der Waals surface area contributed by atoms with Gasteiger partial charge in [0.1, 0.15) is 0 Å². The Labute approximate surface area is 155 Å². The van der Waals surface area contributed by atoms with Gasteiger partial charge in [0.05, 0.1) is 12.0 Å². The molecule has 2 aromatic carbocycles. The first kappa shape index (κ1) is 17.8. The summed E-state index contributed by atoms with van der Waals surface area (Å²) in [6, 6.07) is 18.3. The lowest BCUT2D eigenvalue weighted by atomic mass is 10.2. The van der Waals surface area contributed by atoms with E-state index in [0.29, 0.717) is 5.69 Å². The summed E-state index contributed by atoms with van der Waals surface area (Å²) in [5, 5.41) is 5.68. The second-order valence-corrected chi connectivity index (χ2v) is 6.66. The highest BCUT2D eigenvalue weighted by Crippen LogP contribution is 2.23. The van der Waals surface area contributed by atoms with Crippen LogP contribution in [0.2, 0.25) is 0 Å². The van der Waals surface area contributed by atoms with Crippen LogP contribution < -0.4 is 10.6 Å². The smallest absolute Gasteiger partial charge is 0.291 e. The van der Waals surface area contributed by atoms with E-state index >= 15 is 0 Å². The third-order valence-electron chi connectivity index (χ3n) is 3.63. The second kappa shape index (κ2) is 8.40. The molecule has 0 atom stereocenters. The van der Waals surface area contributed by atoms with Gasteiger partial charge in [0.15, 0.2) is 5.76 Å². The lowest BCUT2D eigenvalue weighted by Crippen LogP contribution is -2.14. The molecule has 132 valence electrons. The lowest BCUT2D eigenvalue weighted by Gasteiger charge is -2.09. The first-order valence-corrected chi connectivity index (χ1v) is 9.03. The van der Waals surface area contributed by atoms with Crippen molar-refractivity contribution >= 4 is 35.0 Å². The molecule has 0 aliphatic carbocycles. The molecule has 5 nitrogen and oxygen atoms in total. The maximum absolute atomic E-state index is 12.1. The van der Waals surface area contributed by atoms with Gasteiger partial charge in [0, 0.05) is 16.3 Å². The third-order valence-corrected chi connectivity index (χ3v) is 4.62. The fourth-order valence-corrected chi connectivity index (χ4v) is 3.07. The number of nitrogens with one attached hydrogen (secondary N) is 2. The maximum atomic E-state index is 12.1. The van der Waals surface area contributed by atoms with E-state index in [1.54, 1.807) is 18.2 Å². The Morgan fingerprint density at radius 2 is 1.85 bits per heavy atom. The molecule has 3 rings (SSSR count). The topological polar surface area (TPSA) is 71.3 Å². The van der Waals surface area contributed by atoms with Gasteiger partial charge in [-0.05, 0) is 48.9 Å². The Kier molecular flexibility index (Phi) is 5.76. The number of thioether (sulfide) groups is 1. The van der Waals surface area contributed by atoms with E-state index in [1.807, 2.05) is 49.4 Å². The van der Waals surface area contributed by atoms with Crippen LogP contribution in [0.25, 0.3) is 0 Å². The van der Waals surface area contributed by atoms with E-state index in [1.165, 1.54) is 18.0 Å². The highest BCUT2D eigenvalue weighted by Gasteiger charge is 2.10. The number of amides is 2. The highest BCUT2D eigenvalue weighted by atomic mass is 32.2. The minimum atomic E-state index is -0.311. The molecule has 3 aromatic rings. The normalized spacial score (nSPS) is 10.3. The van der Waals surface area contributed by atoms with Crippen molar-refractivity contribution < 1.29 is 14.0 Å². The van der Waals surface area contributed by atoms with Gasteiger partial charge in [-0.15, -0.1) is 11.8 Å². The number of carbonyl (C=O) groups is 2. The lowest BCUT2D eigenvalue weighted by molar-refractivity contribution is -0.113. The minimum Gasteiger partial charge on any atom is -0.459 e. The summed E-state index contributed by atoms with van der Waals surface area (Å²) in [5.74, 6) is 0.147. The molecule has 1 aromatic heterocycles. The van der Waals surface area contributed by atoms with Crippen molar-refractivity contribution in [2.75, 3.05) is 16.4 Å². The molecule has 2 N–H and O–H groups in total. The van der Waals surface area contributed by atoms with Crippen LogP contribution in [0.4, 0.5) is 11.4 Å². The van der Waals surface area contributed by atoms with Crippen LogP contribution in [-0.2, 0) is 4.79 Å². The van der Waals surface area contributed by atoms with Crippen molar-refractivity contribution in [3.05, 3.63) is 78.3 Å². The van der Waals surface area contributed by atoms with Gasteiger partial charge in [-0.1, -0.05) is 24.3 Å². The van der Waals surface area contributed by atoms with Crippen LogP contribution >= 0.6 is 11.8 Å². The number of furan rings is 1. The zero-order chi connectivity index (χ0) is 18.4. The summed E-state index contributed by atoms with van der Waals surface area (Å²) >= 11 is 1.41. The predicted molar refractivity (Wildman–Crippen MR) is 104 cm³/mol. The van der Waals surface area contributed by atoms with Crippen molar-refractivity contribution in [2.24, 2.45) is 0 Å². The largest absolute Gasteiger partial charge is 0.459 e. The van der Waals surface area contributed by atoms with Crippen LogP contribution in [0, 0.1) is 6.92 Å². The summed E-state index contributed by atoms with van der Waals surface area (Å²) < 4.78 is 5.07. The zero-order valence-corrected chi connectivity index (χ0v) is 15.0. The number of carbonyl (C=O) groups excluding carboxylic acids is 2. The molecular weight excluding hydrogens is 348 g/mol. The third kappa shape index (κ3) is 4.77. The van der Waals surface area contributed by atoms with E-state index in [-0.39, 0.29) is 23.3 Å². The fourth-order valence-electron chi connectivity index (χ4n) is 2.31. The zero-order valence-electron chi connectivity index (χ0n) is 14.2. The molecule has 6 heteroatoms. The molecule has 0 aliphatic rings. The van der Waals surface area contributed by atoms with Gasteiger partial charge in [0.25, 0.3) is 5.91 Å². The molecule has 0 radical (unpaired) electrons. The number of aryl methyl sites for hydroxylation is 1. The number of anilines is 2. The summed E-state index contributed by atoms with van der Waals surface area (Å²) in [6.45, 7) is 1.95. The molecule has 0 saturated heterocycles. The minimum absolute atomic E-state index is 0.0747. The van der Waals surface area contributed by atoms with Crippen LogP contribution in [0.5, 0.6) is 0 Å². The monoisotopic (exact) mass is 366 g/mol. The molecule has 2 amide bonds. The maximum Gasteiger partial charge on any atom is 0.291 e. The van der Waals surface area contributed by atoms with Gasteiger partial charge in [-0.2, -0.15) is 0 Å². The number of rotatable bonds is 6. The first-order valence-electron chi connectivity index (χ1n) is 8.05. The van der Waals surface area contributed by atoms with E-state index in [9.17, 15) is 9.59 Å². The predicted octanol–water partition coefficient (Wildman–Crippen LogP) is 4.57. The van der Waals surface area contributed by atoms with E-state index in [4.69, 9.17) is 4.42 Å². The fraction of sp³-hybridized carbons (Fsp3) is 0.100. The summed E-state index contributed by atoms with van der Waals surface area (Å²) in [5.41, 5.74) is 2.49. The number of hydrogen-bond donors (Lipinski definition) is 2. The number of hydrogen-bond acceptors (Lipinski definition) is 4. The Morgan fingerprint density at radius 1 is 1.00 bits per heavy atom. The molecule has 0 bridgehead atoms. The molecule has 0 fully saturated rings. The van der Waals surface area contributed by atoms with Crippen LogP contribution in [0.3, 0.4) is 0 Å². The summed E-state index contributed by atoms with van der Waals surface area (Å²) in [4.78, 5) is 25.0. The standard InChI is InChI=1S/C20H18N2O3S/c1-14-6-2-3-9-17(14)22-19(23)13-26-16-8-4-7-15(12-16)21-20(24)18-10-5-11-25-18/h2-12H,13H2,1H3,(H,21,24)(H,22,23). The van der Waals surface area contributed by atoms with Gasteiger partial charge < -0.3 is 15.1 Å². The van der Waals surface area contributed by atoms with Crippen LogP contribution in [-0.4, -0.2) is 17.6 Å². The van der Waals surface area contributed by atoms with Gasteiger partial charge in [-0.3, -0.25) is 9.59 Å². The molecule has 1 heterocycles. The van der Waals surface area contributed by atoms with Gasteiger partial charge in [-0.25, -0.2) is 0 Å². The van der Waals surface area contributed by atoms with Crippen molar-refractivity contribution in [3.63, 3.8) is 0 Å². The highest BCUT2D eigenvalue weighted by molar-refractivity contribution is 8.00. The quantitative estimate of drug-likeness (QED) is 0.627. The molecular formula is C20H18N2O3S. The Morgan fingerprint density at radius 3 is 2.62 bits per heavy atom. The van der Waals surface area contributed by atoms with Crippen LogP contribution in [0.1, 0.15) is 16.1 Å². The summed E-state index contributed by atoms with van der Waals surface area (Å²) in [7, 11) is 0. The summed E-state index contributed by atoms with van der Waals surface area (Å²) in [6.07, 6.45) is 1.45. The average molecular weight is 366 g/mol. The SMILES string of the molecule is Cc1ccccc1NC(=O)CSc1cccc(NC(=O)c2ccco2)c1. The van der Waals surface area contributed by atoms with E-state index in [0.717, 1.165) is 16.1 Å². The van der Waals surface area contributed by atoms with E-state index in [2.05, 4.69) is 10.6 Å². The van der Waals surface area contributed by atoms with E-state index < -0.39 is 0 Å².